The lowest BCUT2D eigenvalue weighted by molar-refractivity contribution is 0.0519. The highest BCUT2D eigenvalue weighted by Gasteiger charge is 2.23. The first-order valence-corrected chi connectivity index (χ1v) is 7.88. The van der Waals surface area contributed by atoms with Crippen molar-refractivity contribution in [3.63, 3.8) is 0 Å². The van der Waals surface area contributed by atoms with Gasteiger partial charge in [0, 0.05) is 23.1 Å². The number of carbonyl (C=O) groups excluding carboxylic acids is 2. The van der Waals surface area contributed by atoms with E-state index in [0.29, 0.717) is 28.9 Å². The molecule has 0 atom stereocenters. The Morgan fingerprint density at radius 3 is 2.67 bits per heavy atom. The number of ether oxygens (including phenoxy) is 1. The van der Waals surface area contributed by atoms with Crippen LogP contribution in [-0.2, 0) is 11.2 Å². The molecule has 1 aromatic carbocycles. The summed E-state index contributed by atoms with van der Waals surface area (Å²) < 4.78 is 10.9. The molecule has 0 amide bonds. The molecule has 0 saturated heterocycles. The standard InChI is InChI=1S/C19H19NO4/c1-4-23-19(22)18-11(2)17(12(3)21)15(20-18)10-14-9-13-7-5-6-8-16(13)24-14/h5-9,20H,4,10H2,1-3H3. The molecule has 0 radical (unpaired) electrons. The van der Waals surface area contributed by atoms with Crippen molar-refractivity contribution >= 4 is 22.7 Å². The summed E-state index contributed by atoms with van der Waals surface area (Å²) in [5.41, 5.74) is 2.94. The van der Waals surface area contributed by atoms with Crippen LogP contribution in [0.3, 0.4) is 0 Å². The van der Waals surface area contributed by atoms with Crippen LogP contribution in [0.5, 0.6) is 0 Å². The van der Waals surface area contributed by atoms with Crippen LogP contribution in [0.2, 0.25) is 0 Å². The van der Waals surface area contributed by atoms with Gasteiger partial charge in [-0.2, -0.15) is 0 Å². The number of para-hydroxylation sites is 1. The van der Waals surface area contributed by atoms with Crippen molar-refractivity contribution in [3.8, 4) is 0 Å². The topological polar surface area (TPSA) is 72.3 Å². The predicted octanol–water partition coefficient (Wildman–Crippen LogP) is 4.04. The molecule has 0 unspecified atom stereocenters. The van der Waals surface area contributed by atoms with Gasteiger partial charge in [-0.05, 0) is 38.5 Å². The van der Waals surface area contributed by atoms with Crippen LogP contribution in [0.15, 0.2) is 34.7 Å². The maximum absolute atomic E-state index is 12.1. The third-order valence-corrected chi connectivity index (χ3v) is 3.99. The molecular formula is C19H19NO4. The molecule has 2 aromatic heterocycles. The van der Waals surface area contributed by atoms with Gasteiger partial charge in [-0.25, -0.2) is 4.79 Å². The Hall–Kier alpha value is -2.82. The number of rotatable bonds is 5. The summed E-state index contributed by atoms with van der Waals surface area (Å²) in [7, 11) is 0. The van der Waals surface area contributed by atoms with Gasteiger partial charge in [-0.1, -0.05) is 18.2 Å². The van der Waals surface area contributed by atoms with Gasteiger partial charge in [0.1, 0.15) is 17.0 Å². The molecule has 0 aliphatic rings. The predicted molar refractivity (Wildman–Crippen MR) is 90.5 cm³/mol. The van der Waals surface area contributed by atoms with Crippen molar-refractivity contribution in [2.24, 2.45) is 0 Å². The number of furan rings is 1. The largest absolute Gasteiger partial charge is 0.461 e. The SMILES string of the molecule is CCOC(=O)c1[nH]c(Cc2cc3ccccc3o2)c(C(C)=O)c1C. The van der Waals surface area contributed by atoms with Gasteiger partial charge in [-0.3, -0.25) is 4.79 Å². The molecular weight excluding hydrogens is 306 g/mol. The molecule has 24 heavy (non-hydrogen) atoms. The highest BCUT2D eigenvalue weighted by atomic mass is 16.5. The monoisotopic (exact) mass is 325 g/mol. The van der Waals surface area contributed by atoms with Gasteiger partial charge in [0.2, 0.25) is 0 Å². The lowest BCUT2D eigenvalue weighted by atomic mass is 10.0. The molecule has 0 bridgehead atoms. The quantitative estimate of drug-likeness (QED) is 0.567. The summed E-state index contributed by atoms with van der Waals surface area (Å²) in [6, 6.07) is 9.67. The molecule has 3 aromatic rings. The van der Waals surface area contributed by atoms with E-state index in [1.165, 1.54) is 6.92 Å². The van der Waals surface area contributed by atoms with Crippen LogP contribution >= 0.6 is 0 Å². The number of aromatic amines is 1. The number of H-pyrrole nitrogens is 1. The van der Waals surface area contributed by atoms with Gasteiger partial charge in [0.25, 0.3) is 0 Å². The Labute approximate surface area is 139 Å². The summed E-state index contributed by atoms with van der Waals surface area (Å²) >= 11 is 0. The maximum atomic E-state index is 12.1. The maximum Gasteiger partial charge on any atom is 0.355 e. The van der Waals surface area contributed by atoms with Gasteiger partial charge >= 0.3 is 5.97 Å². The van der Waals surface area contributed by atoms with Crippen LogP contribution in [0.1, 0.15) is 51.7 Å². The molecule has 0 aliphatic heterocycles. The fourth-order valence-electron chi connectivity index (χ4n) is 2.97. The van der Waals surface area contributed by atoms with Crippen molar-refractivity contribution in [1.29, 1.82) is 0 Å². The van der Waals surface area contributed by atoms with Crippen molar-refractivity contribution in [2.45, 2.75) is 27.2 Å². The third-order valence-electron chi connectivity index (χ3n) is 3.99. The lowest BCUT2D eigenvalue weighted by Crippen LogP contribution is -2.07. The summed E-state index contributed by atoms with van der Waals surface area (Å²) in [6.07, 6.45) is 0.407. The third kappa shape index (κ3) is 2.85. The van der Waals surface area contributed by atoms with E-state index in [1.54, 1.807) is 13.8 Å². The minimum atomic E-state index is -0.451. The second kappa shape index (κ2) is 6.35. The Kier molecular flexibility index (Phi) is 4.25. The molecule has 0 spiro atoms. The molecule has 3 rings (SSSR count). The van der Waals surface area contributed by atoms with Gasteiger partial charge < -0.3 is 14.1 Å². The van der Waals surface area contributed by atoms with E-state index in [0.717, 1.165) is 16.7 Å². The second-order valence-corrected chi connectivity index (χ2v) is 5.68. The Morgan fingerprint density at radius 1 is 1.25 bits per heavy atom. The fourth-order valence-corrected chi connectivity index (χ4v) is 2.97. The number of benzene rings is 1. The number of aromatic nitrogens is 1. The van der Waals surface area contributed by atoms with Crippen LogP contribution < -0.4 is 0 Å². The molecule has 0 fully saturated rings. The fraction of sp³-hybridized carbons (Fsp3) is 0.263. The molecule has 2 heterocycles. The number of esters is 1. The number of fused-ring (bicyclic) bond motifs is 1. The van der Waals surface area contributed by atoms with E-state index in [1.807, 2.05) is 30.3 Å². The van der Waals surface area contributed by atoms with E-state index < -0.39 is 5.97 Å². The number of Topliss-reactive ketones (excluding diaryl/α,β-unsaturated/α-hetero) is 1. The summed E-state index contributed by atoms with van der Waals surface area (Å²) in [4.78, 5) is 27.2. The first-order valence-electron chi connectivity index (χ1n) is 7.88. The van der Waals surface area contributed by atoms with E-state index in [9.17, 15) is 9.59 Å². The zero-order valence-corrected chi connectivity index (χ0v) is 13.9. The highest BCUT2D eigenvalue weighted by molar-refractivity contribution is 6.01. The summed E-state index contributed by atoms with van der Waals surface area (Å²) in [6.45, 7) is 5.28. The van der Waals surface area contributed by atoms with Crippen LogP contribution in [-0.4, -0.2) is 23.3 Å². The number of hydrogen-bond acceptors (Lipinski definition) is 4. The van der Waals surface area contributed by atoms with Crippen LogP contribution in [0.25, 0.3) is 11.0 Å². The average Bonchev–Trinajstić information content (AvgIpc) is 3.08. The lowest BCUT2D eigenvalue weighted by Gasteiger charge is -2.00. The number of hydrogen-bond donors (Lipinski definition) is 1. The van der Waals surface area contributed by atoms with E-state index in [4.69, 9.17) is 9.15 Å². The summed E-state index contributed by atoms with van der Waals surface area (Å²) in [5.74, 6) is 0.189. The molecule has 5 heteroatoms. The average molecular weight is 325 g/mol. The van der Waals surface area contributed by atoms with Crippen molar-refractivity contribution in [3.05, 3.63) is 58.6 Å². The van der Waals surface area contributed by atoms with Crippen molar-refractivity contribution < 1.29 is 18.7 Å². The van der Waals surface area contributed by atoms with Gasteiger partial charge in [0.15, 0.2) is 5.78 Å². The molecule has 1 N–H and O–H groups in total. The molecule has 124 valence electrons. The Morgan fingerprint density at radius 2 is 2.00 bits per heavy atom. The first kappa shape index (κ1) is 16.1. The van der Waals surface area contributed by atoms with Crippen molar-refractivity contribution in [2.75, 3.05) is 6.61 Å². The minimum Gasteiger partial charge on any atom is -0.461 e. The highest BCUT2D eigenvalue weighted by Crippen LogP contribution is 2.25. The summed E-state index contributed by atoms with van der Waals surface area (Å²) in [5, 5.41) is 1.01. The number of ketones is 1. The molecule has 5 nitrogen and oxygen atoms in total. The Balaban J connectivity index is 2.01. The molecule has 0 saturated carbocycles. The van der Waals surface area contributed by atoms with E-state index in [2.05, 4.69) is 4.98 Å². The zero-order valence-electron chi connectivity index (χ0n) is 13.9. The van der Waals surface area contributed by atoms with E-state index in [-0.39, 0.29) is 12.4 Å². The van der Waals surface area contributed by atoms with Crippen LogP contribution in [0, 0.1) is 6.92 Å². The first-order chi connectivity index (χ1) is 11.5. The van der Waals surface area contributed by atoms with Gasteiger partial charge in [-0.15, -0.1) is 0 Å². The normalized spacial score (nSPS) is 11.0. The number of carbonyl (C=O) groups is 2. The minimum absolute atomic E-state index is 0.0922. The van der Waals surface area contributed by atoms with Gasteiger partial charge in [0.05, 0.1) is 6.61 Å². The smallest absolute Gasteiger partial charge is 0.355 e. The Bertz CT molecular complexity index is 884. The van der Waals surface area contributed by atoms with Crippen molar-refractivity contribution in [1.82, 2.24) is 4.98 Å². The van der Waals surface area contributed by atoms with E-state index >= 15 is 0 Å². The van der Waals surface area contributed by atoms with Crippen LogP contribution in [0.4, 0.5) is 0 Å². The molecule has 0 aliphatic carbocycles. The second-order valence-electron chi connectivity index (χ2n) is 5.68. The zero-order chi connectivity index (χ0) is 17.3. The number of nitrogens with one attached hydrogen (secondary N) is 1.